The highest BCUT2D eigenvalue weighted by molar-refractivity contribution is 5.82. The van der Waals surface area contributed by atoms with E-state index in [0.717, 1.165) is 11.1 Å². The molecule has 0 radical (unpaired) electrons. The fraction of sp³-hybridized carbons (Fsp3) is 0.444. The zero-order valence-corrected chi connectivity index (χ0v) is 20.2. The summed E-state index contributed by atoms with van der Waals surface area (Å²) in [6.45, 7) is 4.78. The number of alkyl carbamates (subject to hydrolysis) is 1. The van der Waals surface area contributed by atoms with E-state index in [1.165, 1.54) is 11.1 Å². The number of ether oxygens (including phenoxy) is 1. The van der Waals surface area contributed by atoms with Crippen molar-refractivity contribution in [2.24, 2.45) is 5.41 Å². The highest BCUT2D eigenvalue weighted by Crippen LogP contribution is 2.44. The van der Waals surface area contributed by atoms with Crippen LogP contribution in [0.4, 0.5) is 4.79 Å². The zero-order valence-electron chi connectivity index (χ0n) is 20.2. The predicted molar refractivity (Wildman–Crippen MR) is 131 cm³/mol. The number of unbranched alkanes of at least 4 members (excludes halogenated alkanes) is 1. The molecule has 0 unspecified atom stereocenters. The molecule has 7 heteroatoms. The molecule has 1 aliphatic rings. The Morgan fingerprint density at radius 3 is 2.18 bits per heavy atom. The molecule has 0 aromatic heterocycles. The third-order valence-corrected chi connectivity index (χ3v) is 6.42. The molecule has 0 spiro atoms. The second kappa shape index (κ2) is 11.2. The highest BCUT2D eigenvalue weighted by Gasteiger charge is 2.31. The van der Waals surface area contributed by atoms with Gasteiger partial charge in [0.2, 0.25) is 5.91 Å². The average molecular weight is 467 g/mol. The van der Waals surface area contributed by atoms with Crippen molar-refractivity contribution in [3.63, 3.8) is 0 Å². The Balaban J connectivity index is 1.45. The van der Waals surface area contributed by atoms with Crippen LogP contribution in [0.25, 0.3) is 11.1 Å². The van der Waals surface area contributed by atoms with E-state index in [-0.39, 0.29) is 24.9 Å². The van der Waals surface area contributed by atoms with Crippen LogP contribution in [-0.4, -0.2) is 54.7 Å². The first-order valence-corrected chi connectivity index (χ1v) is 11.8. The fourth-order valence-electron chi connectivity index (χ4n) is 4.48. The van der Waals surface area contributed by atoms with Gasteiger partial charge in [-0.1, -0.05) is 62.4 Å². The minimum atomic E-state index is -0.825. The van der Waals surface area contributed by atoms with E-state index in [1.54, 1.807) is 11.9 Å². The van der Waals surface area contributed by atoms with Crippen molar-refractivity contribution in [2.45, 2.75) is 45.4 Å². The summed E-state index contributed by atoms with van der Waals surface area (Å²) in [7, 11) is 1.73. The van der Waals surface area contributed by atoms with Gasteiger partial charge in [0, 0.05) is 37.9 Å². The quantitative estimate of drug-likeness (QED) is 0.470. The van der Waals surface area contributed by atoms with E-state index < -0.39 is 17.5 Å². The van der Waals surface area contributed by atoms with E-state index in [0.29, 0.717) is 32.4 Å². The molecule has 2 N–H and O–H groups in total. The van der Waals surface area contributed by atoms with Crippen LogP contribution in [0.3, 0.4) is 0 Å². The van der Waals surface area contributed by atoms with Crippen LogP contribution in [0.5, 0.6) is 0 Å². The summed E-state index contributed by atoms with van der Waals surface area (Å²) in [5.41, 5.74) is 4.03. The highest BCUT2D eigenvalue weighted by atomic mass is 16.5. The Morgan fingerprint density at radius 1 is 1.00 bits per heavy atom. The van der Waals surface area contributed by atoms with Gasteiger partial charge >= 0.3 is 12.1 Å². The zero-order chi connectivity index (χ0) is 24.7. The number of carboxylic acids is 1. The molecule has 7 nitrogen and oxygen atoms in total. The molecule has 2 aromatic rings. The molecular formula is C27H34N2O5. The lowest BCUT2D eigenvalue weighted by Gasteiger charge is -2.29. The smallest absolute Gasteiger partial charge is 0.407 e. The van der Waals surface area contributed by atoms with Crippen LogP contribution in [0.2, 0.25) is 0 Å². The normalized spacial score (nSPS) is 12.6. The number of hydrogen-bond acceptors (Lipinski definition) is 4. The molecule has 0 atom stereocenters. The summed E-state index contributed by atoms with van der Waals surface area (Å²) in [6, 6.07) is 16.4. The van der Waals surface area contributed by atoms with Gasteiger partial charge in [0.1, 0.15) is 6.61 Å². The van der Waals surface area contributed by atoms with Gasteiger partial charge in [-0.05, 0) is 41.5 Å². The molecule has 0 fully saturated rings. The van der Waals surface area contributed by atoms with Crippen molar-refractivity contribution in [2.75, 3.05) is 26.7 Å². The van der Waals surface area contributed by atoms with Gasteiger partial charge < -0.3 is 20.1 Å². The van der Waals surface area contributed by atoms with E-state index in [4.69, 9.17) is 9.84 Å². The second-order valence-corrected chi connectivity index (χ2v) is 9.46. The monoisotopic (exact) mass is 466 g/mol. The van der Waals surface area contributed by atoms with Crippen LogP contribution in [0.15, 0.2) is 48.5 Å². The Kier molecular flexibility index (Phi) is 8.31. The number of nitrogens with one attached hydrogen (secondary N) is 1. The molecule has 3 rings (SSSR count). The molecule has 0 aliphatic heterocycles. The number of nitrogens with zero attached hydrogens (tertiary/aromatic N) is 1. The first-order valence-electron chi connectivity index (χ1n) is 11.8. The van der Waals surface area contributed by atoms with Crippen LogP contribution >= 0.6 is 0 Å². The summed E-state index contributed by atoms with van der Waals surface area (Å²) in [4.78, 5) is 37.4. The van der Waals surface area contributed by atoms with Crippen LogP contribution < -0.4 is 5.32 Å². The van der Waals surface area contributed by atoms with Gasteiger partial charge in [-0.2, -0.15) is 0 Å². The molecule has 0 heterocycles. The minimum absolute atomic E-state index is 0.00550. The van der Waals surface area contributed by atoms with Crippen LogP contribution in [0, 0.1) is 5.41 Å². The topological polar surface area (TPSA) is 95.9 Å². The average Bonchev–Trinajstić information content (AvgIpc) is 3.13. The summed E-state index contributed by atoms with van der Waals surface area (Å²) >= 11 is 0. The number of amides is 2. The van der Waals surface area contributed by atoms with Crippen molar-refractivity contribution < 1.29 is 24.2 Å². The van der Waals surface area contributed by atoms with Crippen LogP contribution in [-0.2, 0) is 14.3 Å². The third kappa shape index (κ3) is 6.16. The predicted octanol–water partition coefficient (Wildman–Crippen LogP) is 4.65. The summed E-state index contributed by atoms with van der Waals surface area (Å²) in [5, 5.41) is 11.5. The lowest BCUT2D eigenvalue weighted by atomic mass is 9.87. The number of carbonyl (C=O) groups is 3. The SMILES string of the molecule is CN(CCCCC(=O)O)C(=O)C(C)(C)CCNC(=O)OCC1c2ccccc2-c2ccccc21. The Morgan fingerprint density at radius 2 is 1.59 bits per heavy atom. The van der Waals surface area contributed by atoms with Crippen molar-refractivity contribution in [3.05, 3.63) is 59.7 Å². The number of aliphatic carboxylic acids is 1. The molecule has 34 heavy (non-hydrogen) atoms. The van der Waals surface area contributed by atoms with Crippen molar-refractivity contribution >= 4 is 18.0 Å². The minimum Gasteiger partial charge on any atom is -0.481 e. The van der Waals surface area contributed by atoms with Crippen molar-refractivity contribution in [1.29, 1.82) is 0 Å². The number of benzene rings is 2. The van der Waals surface area contributed by atoms with Crippen LogP contribution in [0.1, 0.15) is 56.6 Å². The van der Waals surface area contributed by atoms with Gasteiger partial charge in [0.05, 0.1) is 0 Å². The van der Waals surface area contributed by atoms with Gasteiger partial charge in [0.25, 0.3) is 0 Å². The largest absolute Gasteiger partial charge is 0.481 e. The number of carbonyl (C=O) groups excluding carboxylic acids is 2. The molecule has 0 bridgehead atoms. The van der Waals surface area contributed by atoms with Crippen molar-refractivity contribution in [1.82, 2.24) is 10.2 Å². The Hall–Kier alpha value is -3.35. The summed E-state index contributed by atoms with van der Waals surface area (Å²) in [5.74, 6) is -0.850. The Bertz CT molecular complexity index is 988. The summed E-state index contributed by atoms with van der Waals surface area (Å²) in [6.07, 6.45) is 1.26. The molecule has 2 aromatic carbocycles. The Labute approximate surface area is 201 Å². The van der Waals surface area contributed by atoms with E-state index in [2.05, 4.69) is 29.6 Å². The van der Waals surface area contributed by atoms with E-state index in [9.17, 15) is 14.4 Å². The van der Waals surface area contributed by atoms with Gasteiger partial charge in [-0.3, -0.25) is 9.59 Å². The van der Waals surface area contributed by atoms with E-state index >= 15 is 0 Å². The maximum absolute atomic E-state index is 12.8. The molecule has 2 amide bonds. The molecule has 0 saturated carbocycles. The molecule has 0 saturated heterocycles. The first-order chi connectivity index (χ1) is 16.2. The molecule has 182 valence electrons. The maximum Gasteiger partial charge on any atom is 0.407 e. The standard InChI is InChI=1S/C27H34N2O5/c1-27(2,25(32)29(3)17-9-8-14-24(30)31)15-16-28-26(33)34-18-23-21-12-6-4-10-19(21)20-11-5-7-13-22(20)23/h4-7,10-13,23H,8-9,14-18H2,1-3H3,(H,28,33)(H,30,31). The maximum atomic E-state index is 12.8. The molecular weight excluding hydrogens is 432 g/mol. The van der Waals surface area contributed by atoms with Crippen molar-refractivity contribution in [3.8, 4) is 11.1 Å². The third-order valence-electron chi connectivity index (χ3n) is 6.42. The number of hydrogen-bond donors (Lipinski definition) is 2. The molecule has 1 aliphatic carbocycles. The number of rotatable bonds is 11. The number of fused-ring (bicyclic) bond motifs is 3. The van der Waals surface area contributed by atoms with Gasteiger partial charge in [-0.15, -0.1) is 0 Å². The second-order valence-electron chi connectivity index (χ2n) is 9.46. The van der Waals surface area contributed by atoms with Gasteiger partial charge in [-0.25, -0.2) is 4.79 Å². The van der Waals surface area contributed by atoms with E-state index in [1.807, 2.05) is 38.1 Å². The lowest BCUT2D eigenvalue weighted by molar-refractivity contribution is -0.139. The van der Waals surface area contributed by atoms with Gasteiger partial charge in [0.15, 0.2) is 0 Å². The fourth-order valence-corrected chi connectivity index (χ4v) is 4.48. The first kappa shape index (κ1) is 25.3. The number of carboxylic acid groups (broad SMARTS) is 1. The summed E-state index contributed by atoms with van der Waals surface area (Å²) < 4.78 is 5.55. The lowest BCUT2D eigenvalue weighted by Crippen LogP contribution is -2.41.